The molecule has 0 bridgehead atoms. The SMILES string of the molecule is O=C(O)Cc1[c]cc[c]c1. The Labute approximate surface area is 59.1 Å². The van der Waals surface area contributed by atoms with E-state index in [1.165, 1.54) is 0 Å². The molecule has 0 spiro atoms. The molecule has 0 heterocycles. The molecule has 0 unspecified atom stereocenters. The van der Waals surface area contributed by atoms with Gasteiger partial charge < -0.3 is 5.11 Å². The summed E-state index contributed by atoms with van der Waals surface area (Å²) in [5.41, 5.74) is 0.662. The zero-order valence-corrected chi connectivity index (χ0v) is 5.29. The Bertz CT molecular complexity index is 216. The van der Waals surface area contributed by atoms with Gasteiger partial charge in [0.25, 0.3) is 0 Å². The van der Waals surface area contributed by atoms with Gasteiger partial charge >= 0.3 is 5.97 Å². The fourth-order valence-corrected chi connectivity index (χ4v) is 0.652. The summed E-state index contributed by atoms with van der Waals surface area (Å²) in [6, 6.07) is 10.5. The van der Waals surface area contributed by atoms with Crippen molar-refractivity contribution in [3.05, 3.63) is 35.9 Å². The fourth-order valence-electron chi connectivity index (χ4n) is 0.652. The van der Waals surface area contributed by atoms with Gasteiger partial charge in [-0.15, -0.1) is 0 Å². The molecule has 0 saturated heterocycles. The lowest BCUT2D eigenvalue weighted by atomic mass is 10.2. The third kappa shape index (κ3) is 1.90. The topological polar surface area (TPSA) is 37.3 Å². The second-order valence-electron chi connectivity index (χ2n) is 1.88. The van der Waals surface area contributed by atoms with Gasteiger partial charge in [0.1, 0.15) is 0 Å². The van der Waals surface area contributed by atoms with Gasteiger partial charge in [0.2, 0.25) is 0 Å². The summed E-state index contributed by atoms with van der Waals surface area (Å²) < 4.78 is 0. The Kier molecular flexibility index (Phi) is 2.05. The summed E-state index contributed by atoms with van der Waals surface area (Å²) in [5.74, 6) is -0.837. The van der Waals surface area contributed by atoms with E-state index in [1.54, 1.807) is 18.2 Å². The van der Waals surface area contributed by atoms with Crippen LogP contribution >= 0.6 is 0 Å². The van der Waals surface area contributed by atoms with Crippen molar-refractivity contribution in [2.75, 3.05) is 0 Å². The van der Waals surface area contributed by atoms with Crippen molar-refractivity contribution in [2.45, 2.75) is 6.42 Å². The maximum absolute atomic E-state index is 10.1. The molecule has 0 aliphatic carbocycles. The molecule has 0 fully saturated rings. The molecule has 10 heavy (non-hydrogen) atoms. The Morgan fingerprint density at radius 3 is 2.90 bits per heavy atom. The number of hydrogen-bond donors (Lipinski definition) is 1. The zero-order chi connectivity index (χ0) is 7.40. The third-order valence-electron chi connectivity index (χ3n) is 1.05. The number of rotatable bonds is 2. The molecule has 0 aromatic heterocycles. The van der Waals surface area contributed by atoms with E-state index in [0.717, 1.165) is 0 Å². The van der Waals surface area contributed by atoms with Crippen molar-refractivity contribution in [1.82, 2.24) is 0 Å². The molecule has 1 N–H and O–H groups in total. The van der Waals surface area contributed by atoms with Gasteiger partial charge in [0.15, 0.2) is 0 Å². The minimum Gasteiger partial charge on any atom is -0.481 e. The Morgan fingerprint density at radius 1 is 1.60 bits per heavy atom. The van der Waals surface area contributed by atoms with Crippen LogP contribution in [0.4, 0.5) is 0 Å². The minimum absolute atomic E-state index is 0.0251. The van der Waals surface area contributed by atoms with E-state index in [-0.39, 0.29) is 6.42 Å². The molecule has 2 heteroatoms. The molecule has 2 nitrogen and oxygen atoms in total. The smallest absolute Gasteiger partial charge is 0.307 e. The monoisotopic (exact) mass is 134 g/mol. The van der Waals surface area contributed by atoms with Crippen LogP contribution in [-0.2, 0) is 11.2 Å². The van der Waals surface area contributed by atoms with E-state index >= 15 is 0 Å². The van der Waals surface area contributed by atoms with Gasteiger partial charge in [-0.2, -0.15) is 0 Å². The van der Waals surface area contributed by atoms with E-state index in [2.05, 4.69) is 12.1 Å². The van der Waals surface area contributed by atoms with Gasteiger partial charge in [0, 0.05) is 0 Å². The van der Waals surface area contributed by atoms with Crippen LogP contribution < -0.4 is 0 Å². The summed E-state index contributed by atoms with van der Waals surface area (Å²) in [5, 5.41) is 8.33. The predicted octanol–water partition coefficient (Wildman–Crippen LogP) is 0.914. The number of benzene rings is 1. The predicted molar refractivity (Wildman–Crippen MR) is 35.5 cm³/mol. The third-order valence-corrected chi connectivity index (χ3v) is 1.05. The number of carbonyl (C=O) groups is 1. The molecule has 1 aromatic carbocycles. The van der Waals surface area contributed by atoms with Crippen LogP contribution in [-0.4, -0.2) is 11.1 Å². The first-order valence-corrected chi connectivity index (χ1v) is 2.87. The lowest BCUT2D eigenvalue weighted by molar-refractivity contribution is -0.136. The number of hydrogen-bond acceptors (Lipinski definition) is 1. The first-order chi connectivity index (χ1) is 4.79. The highest BCUT2D eigenvalue weighted by Gasteiger charge is 1.97. The van der Waals surface area contributed by atoms with Crippen LogP contribution in [0.1, 0.15) is 5.56 Å². The number of aliphatic carboxylic acids is 1. The van der Waals surface area contributed by atoms with Crippen molar-refractivity contribution in [3.63, 3.8) is 0 Å². The molecule has 2 radical (unpaired) electrons. The summed E-state index contributed by atoms with van der Waals surface area (Å²) in [4.78, 5) is 10.1. The van der Waals surface area contributed by atoms with E-state index in [1.807, 2.05) is 0 Å². The van der Waals surface area contributed by atoms with Crippen LogP contribution in [0, 0.1) is 12.1 Å². The van der Waals surface area contributed by atoms with Gasteiger partial charge in [-0.05, 0) is 23.8 Å². The molecule has 1 rings (SSSR count). The molecule has 0 saturated carbocycles. The zero-order valence-electron chi connectivity index (χ0n) is 5.29. The molecule has 0 atom stereocenters. The van der Waals surface area contributed by atoms with Crippen LogP contribution in [0.2, 0.25) is 0 Å². The summed E-state index contributed by atoms with van der Waals surface area (Å²) >= 11 is 0. The number of carboxylic acids is 1. The van der Waals surface area contributed by atoms with Gasteiger partial charge in [-0.3, -0.25) is 4.79 Å². The van der Waals surface area contributed by atoms with Gasteiger partial charge in [0.05, 0.1) is 6.42 Å². The summed E-state index contributed by atoms with van der Waals surface area (Å²) in [6.07, 6.45) is 0.0251. The average Bonchev–Trinajstić information content (AvgIpc) is 1.88. The van der Waals surface area contributed by atoms with E-state index < -0.39 is 5.97 Å². The highest BCUT2D eigenvalue weighted by molar-refractivity contribution is 5.69. The maximum atomic E-state index is 10.1. The van der Waals surface area contributed by atoms with Gasteiger partial charge in [-0.1, -0.05) is 12.1 Å². The van der Waals surface area contributed by atoms with Crippen molar-refractivity contribution in [3.8, 4) is 0 Å². The van der Waals surface area contributed by atoms with E-state index in [9.17, 15) is 4.79 Å². The van der Waals surface area contributed by atoms with Crippen LogP contribution in [0.25, 0.3) is 0 Å². The molecule has 0 aliphatic heterocycles. The Hall–Kier alpha value is -1.31. The second kappa shape index (κ2) is 3.01. The second-order valence-corrected chi connectivity index (χ2v) is 1.88. The molecule has 50 valence electrons. The Balaban J connectivity index is 2.67. The quantitative estimate of drug-likeness (QED) is 0.652. The van der Waals surface area contributed by atoms with Crippen molar-refractivity contribution in [1.29, 1.82) is 0 Å². The number of carboxylic acid groups (broad SMARTS) is 1. The normalized spacial score (nSPS) is 9.20. The van der Waals surface area contributed by atoms with Crippen molar-refractivity contribution < 1.29 is 9.90 Å². The lowest BCUT2D eigenvalue weighted by Gasteiger charge is -1.91. The lowest BCUT2D eigenvalue weighted by Crippen LogP contribution is -1.99. The van der Waals surface area contributed by atoms with Crippen molar-refractivity contribution in [2.24, 2.45) is 0 Å². The largest absolute Gasteiger partial charge is 0.481 e. The molecular weight excluding hydrogens is 128 g/mol. The average molecular weight is 134 g/mol. The van der Waals surface area contributed by atoms with Crippen LogP contribution in [0.5, 0.6) is 0 Å². The molecular formula is C8H6O2. The van der Waals surface area contributed by atoms with Crippen molar-refractivity contribution >= 4 is 5.97 Å². The first-order valence-electron chi connectivity index (χ1n) is 2.87. The van der Waals surface area contributed by atoms with E-state index in [0.29, 0.717) is 5.56 Å². The molecule has 0 amide bonds. The summed E-state index contributed by atoms with van der Waals surface area (Å²) in [6.45, 7) is 0. The minimum atomic E-state index is -0.837. The molecule has 0 aliphatic rings. The highest BCUT2D eigenvalue weighted by Crippen LogP contribution is 1.96. The first kappa shape index (κ1) is 6.81. The van der Waals surface area contributed by atoms with E-state index in [4.69, 9.17) is 5.11 Å². The summed E-state index contributed by atoms with van der Waals surface area (Å²) in [7, 11) is 0. The Morgan fingerprint density at radius 2 is 2.40 bits per heavy atom. The fraction of sp³-hybridized carbons (Fsp3) is 0.125. The molecule has 1 aromatic rings. The highest BCUT2D eigenvalue weighted by atomic mass is 16.4. The standard InChI is InChI=1S/C8H6O2/c9-8(10)6-7-4-2-1-3-5-7/h1-2,5H,6H2,(H,9,10). The van der Waals surface area contributed by atoms with Crippen LogP contribution in [0.15, 0.2) is 18.2 Å². The van der Waals surface area contributed by atoms with Crippen LogP contribution in [0.3, 0.4) is 0 Å². The maximum Gasteiger partial charge on any atom is 0.307 e. The van der Waals surface area contributed by atoms with Gasteiger partial charge in [-0.25, -0.2) is 0 Å².